The van der Waals surface area contributed by atoms with Crippen LogP contribution in [0.5, 0.6) is 11.5 Å². The smallest absolute Gasteiger partial charge is 0.317 e. The summed E-state index contributed by atoms with van der Waals surface area (Å²) in [4.78, 5) is 14.3. The van der Waals surface area contributed by atoms with Crippen molar-refractivity contribution in [2.75, 3.05) is 41.0 Å². The van der Waals surface area contributed by atoms with Crippen LogP contribution in [0.2, 0.25) is 0 Å². The first kappa shape index (κ1) is 20.4. The van der Waals surface area contributed by atoms with Gasteiger partial charge in [-0.2, -0.15) is 0 Å². The Morgan fingerprint density at radius 1 is 1.23 bits per heavy atom. The summed E-state index contributed by atoms with van der Waals surface area (Å²) in [6, 6.07) is 5.57. The van der Waals surface area contributed by atoms with Crippen LogP contribution in [0.3, 0.4) is 0 Å². The molecule has 1 aliphatic rings. The van der Waals surface area contributed by atoms with E-state index in [2.05, 4.69) is 5.32 Å². The van der Waals surface area contributed by atoms with Crippen LogP contribution in [0.4, 0.5) is 4.79 Å². The summed E-state index contributed by atoms with van der Waals surface area (Å²) in [7, 11) is 5.12. The predicted octanol–water partition coefficient (Wildman–Crippen LogP) is 3.61. The molecular weight excluding hydrogens is 332 g/mol. The van der Waals surface area contributed by atoms with E-state index in [9.17, 15) is 4.79 Å². The highest BCUT2D eigenvalue weighted by Gasteiger charge is 2.21. The molecule has 0 saturated heterocycles. The topological polar surface area (TPSA) is 60.0 Å². The van der Waals surface area contributed by atoms with Crippen LogP contribution < -0.4 is 14.8 Å². The Labute approximate surface area is 156 Å². The normalized spacial score (nSPS) is 15.5. The number of rotatable bonds is 9. The molecule has 2 rings (SSSR count). The number of nitrogens with zero attached hydrogens (tertiary/aromatic N) is 1. The number of carbonyl (C=O) groups is 1. The predicted molar refractivity (Wildman–Crippen MR) is 102 cm³/mol. The lowest BCUT2D eigenvalue weighted by molar-refractivity contribution is 0.144. The lowest BCUT2D eigenvalue weighted by Gasteiger charge is -2.24. The number of carbonyl (C=O) groups excluding carboxylic acids is 1. The molecule has 6 nitrogen and oxygen atoms in total. The summed E-state index contributed by atoms with van der Waals surface area (Å²) in [6.45, 7) is 3.78. The fourth-order valence-corrected chi connectivity index (χ4v) is 3.35. The van der Waals surface area contributed by atoms with Crippen molar-refractivity contribution in [1.29, 1.82) is 0 Å². The van der Waals surface area contributed by atoms with Gasteiger partial charge in [-0.3, -0.25) is 0 Å². The van der Waals surface area contributed by atoms with Crippen LogP contribution in [-0.4, -0.2) is 52.0 Å². The Bertz CT molecular complexity index is 573. The van der Waals surface area contributed by atoms with E-state index in [1.807, 2.05) is 32.2 Å². The lowest BCUT2D eigenvalue weighted by atomic mass is 10.1. The zero-order chi connectivity index (χ0) is 18.9. The minimum absolute atomic E-state index is 0.0382. The number of ether oxygens (including phenoxy) is 3. The van der Waals surface area contributed by atoms with Crippen molar-refractivity contribution in [2.45, 2.75) is 38.6 Å². The Morgan fingerprint density at radius 3 is 2.62 bits per heavy atom. The molecule has 1 atom stereocenters. The molecule has 0 bridgehead atoms. The number of urea groups is 1. The SMILES string of the molecule is COCCOc1ccc(C(C)NC(=O)N(C)CC2CCCC2)cc1OC. The molecular formula is C20H32N2O4. The monoisotopic (exact) mass is 364 g/mol. The standard InChI is InChI=1S/C20H32N2O4/c1-15(21-20(23)22(2)14-16-7-5-6-8-16)17-9-10-18(19(13-17)25-4)26-12-11-24-3/h9-10,13,15-16H,5-8,11-12,14H2,1-4H3,(H,21,23). The largest absolute Gasteiger partial charge is 0.493 e. The molecule has 6 heteroatoms. The Morgan fingerprint density at radius 2 is 1.96 bits per heavy atom. The van der Waals surface area contributed by atoms with Crippen LogP contribution in [0.1, 0.15) is 44.2 Å². The van der Waals surface area contributed by atoms with E-state index in [1.165, 1.54) is 25.7 Å². The molecule has 26 heavy (non-hydrogen) atoms. The molecule has 1 fully saturated rings. The van der Waals surface area contributed by atoms with Crippen molar-refractivity contribution in [2.24, 2.45) is 5.92 Å². The molecule has 1 aromatic rings. The molecule has 1 unspecified atom stereocenters. The summed E-state index contributed by atoms with van der Waals surface area (Å²) >= 11 is 0. The van der Waals surface area contributed by atoms with Gasteiger partial charge in [0, 0.05) is 20.7 Å². The van der Waals surface area contributed by atoms with Crippen molar-refractivity contribution in [1.82, 2.24) is 10.2 Å². The molecule has 146 valence electrons. The Hall–Kier alpha value is -1.95. The summed E-state index contributed by atoms with van der Waals surface area (Å²) in [5, 5.41) is 3.06. The molecule has 1 saturated carbocycles. The van der Waals surface area contributed by atoms with E-state index in [4.69, 9.17) is 14.2 Å². The molecule has 0 radical (unpaired) electrons. The quantitative estimate of drug-likeness (QED) is 0.680. The Kier molecular flexibility index (Phi) is 8.04. The Balaban J connectivity index is 1.92. The van der Waals surface area contributed by atoms with E-state index in [-0.39, 0.29) is 12.1 Å². The van der Waals surface area contributed by atoms with Crippen LogP contribution in [0.25, 0.3) is 0 Å². The lowest BCUT2D eigenvalue weighted by Crippen LogP contribution is -2.40. The number of benzene rings is 1. The fourth-order valence-electron chi connectivity index (χ4n) is 3.35. The number of amides is 2. The van der Waals surface area contributed by atoms with Gasteiger partial charge in [0.1, 0.15) is 6.61 Å². The van der Waals surface area contributed by atoms with Gasteiger partial charge >= 0.3 is 6.03 Å². The summed E-state index contributed by atoms with van der Waals surface area (Å²) < 4.78 is 16.1. The molecule has 1 aromatic carbocycles. The third kappa shape index (κ3) is 5.80. The van der Waals surface area contributed by atoms with Crippen LogP contribution in [0, 0.1) is 5.92 Å². The third-order valence-electron chi connectivity index (χ3n) is 4.93. The number of hydrogen-bond donors (Lipinski definition) is 1. The molecule has 1 N–H and O–H groups in total. The van der Waals surface area contributed by atoms with E-state index < -0.39 is 0 Å². The van der Waals surface area contributed by atoms with Crippen molar-refractivity contribution in [3.05, 3.63) is 23.8 Å². The second-order valence-electron chi connectivity index (χ2n) is 6.95. The maximum atomic E-state index is 12.5. The van der Waals surface area contributed by atoms with Gasteiger partial charge in [-0.25, -0.2) is 4.79 Å². The van der Waals surface area contributed by atoms with Gasteiger partial charge in [-0.05, 0) is 43.4 Å². The van der Waals surface area contributed by atoms with E-state index >= 15 is 0 Å². The van der Waals surface area contributed by atoms with Crippen molar-refractivity contribution in [3.8, 4) is 11.5 Å². The molecule has 1 aliphatic carbocycles. The van der Waals surface area contributed by atoms with E-state index in [0.29, 0.717) is 30.6 Å². The minimum Gasteiger partial charge on any atom is -0.493 e. The van der Waals surface area contributed by atoms with E-state index in [0.717, 1.165) is 12.1 Å². The number of methoxy groups -OCH3 is 2. The van der Waals surface area contributed by atoms with Gasteiger partial charge in [-0.15, -0.1) is 0 Å². The van der Waals surface area contributed by atoms with Crippen molar-refractivity contribution >= 4 is 6.03 Å². The number of nitrogens with one attached hydrogen (secondary N) is 1. The van der Waals surface area contributed by atoms with Gasteiger partial charge in [0.2, 0.25) is 0 Å². The van der Waals surface area contributed by atoms with Gasteiger partial charge in [0.25, 0.3) is 0 Å². The zero-order valence-corrected chi connectivity index (χ0v) is 16.4. The van der Waals surface area contributed by atoms with Gasteiger partial charge in [0.05, 0.1) is 19.8 Å². The average molecular weight is 364 g/mol. The highest BCUT2D eigenvalue weighted by atomic mass is 16.5. The minimum atomic E-state index is -0.115. The first-order chi connectivity index (χ1) is 12.5. The van der Waals surface area contributed by atoms with Gasteiger partial charge < -0.3 is 24.4 Å². The highest BCUT2D eigenvalue weighted by molar-refractivity contribution is 5.74. The van der Waals surface area contributed by atoms with Crippen molar-refractivity contribution < 1.29 is 19.0 Å². The summed E-state index contributed by atoms with van der Waals surface area (Å²) in [5.74, 6) is 1.97. The molecule has 0 aliphatic heterocycles. The fraction of sp³-hybridized carbons (Fsp3) is 0.650. The molecule has 0 aromatic heterocycles. The van der Waals surface area contributed by atoms with Gasteiger partial charge in [-0.1, -0.05) is 18.9 Å². The molecule has 0 heterocycles. The third-order valence-corrected chi connectivity index (χ3v) is 4.93. The second-order valence-corrected chi connectivity index (χ2v) is 6.95. The highest BCUT2D eigenvalue weighted by Crippen LogP contribution is 2.30. The van der Waals surface area contributed by atoms with Crippen LogP contribution >= 0.6 is 0 Å². The summed E-state index contributed by atoms with van der Waals surface area (Å²) in [5.41, 5.74) is 0.976. The van der Waals surface area contributed by atoms with Crippen molar-refractivity contribution in [3.63, 3.8) is 0 Å². The molecule has 0 spiro atoms. The maximum absolute atomic E-state index is 12.5. The average Bonchev–Trinajstić information content (AvgIpc) is 3.14. The zero-order valence-electron chi connectivity index (χ0n) is 16.4. The number of hydrogen-bond acceptors (Lipinski definition) is 4. The van der Waals surface area contributed by atoms with Gasteiger partial charge in [0.15, 0.2) is 11.5 Å². The summed E-state index contributed by atoms with van der Waals surface area (Å²) in [6.07, 6.45) is 5.04. The van der Waals surface area contributed by atoms with Crippen LogP contribution in [0.15, 0.2) is 18.2 Å². The first-order valence-corrected chi connectivity index (χ1v) is 9.36. The second kappa shape index (κ2) is 10.3. The molecule has 2 amide bonds. The first-order valence-electron chi connectivity index (χ1n) is 9.36. The maximum Gasteiger partial charge on any atom is 0.317 e. The van der Waals surface area contributed by atoms with E-state index in [1.54, 1.807) is 19.1 Å². The van der Waals surface area contributed by atoms with Crippen LogP contribution in [-0.2, 0) is 4.74 Å².